The van der Waals surface area contributed by atoms with Gasteiger partial charge in [-0.15, -0.1) is 0 Å². The second-order valence-electron chi connectivity index (χ2n) is 14.5. The molecule has 0 saturated carbocycles. The van der Waals surface area contributed by atoms with Crippen LogP contribution in [-0.4, -0.2) is 14.5 Å². The van der Waals surface area contributed by atoms with Crippen molar-refractivity contribution in [1.29, 1.82) is 0 Å². The molecule has 8 aromatic carbocycles. The number of nitrogens with zero attached hydrogens (tertiary/aromatic N) is 3. The topological polar surface area (TPSA) is 70.1 Å². The van der Waals surface area contributed by atoms with Crippen molar-refractivity contribution >= 4 is 98.5 Å². The molecule has 0 aliphatic heterocycles. The van der Waals surface area contributed by atoms with Crippen LogP contribution in [0.1, 0.15) is 0 Å². The van der Waals surface area contributed by atoms with Crippen LogP contribution in [0.15, 0.2) is 177 Å². The lowest BCUT2D eigenvalue weighted by atomic mass is 10.00. The van der Waals surface area contributed by atoms with E-state index in [0.717, 1.165) is 121 Å². The molecule has 13 aromatic rings. The average Bonchev–Trinajstić information content (AvgIpc) is 4.00. The molecule has 6 nitrogen and oxygen atoms in total. The van der Waals surface area contributed by atoms with Gasteiger partial charge in [-0.25, -0.2) is 9.97 Å². The van der Waals surface area contributed by atoms with Gasteiger partial charge in [-0.1, -0.05) is 97.1 Å². The van der Waals surface area contributed by atoms with E-state index in [1.54, 1.807) is 0 Å². The van der Waals surface area contributed by atoms with Crippen molar-refractivity contribution in [1.82, 2.24) is 14.5 Å². The molecule has 0 unspecified atom stereocenters. The maximum absolute atomic E-state index is 6.55. The third-order valence-electron chi connectivity index (χ3n) is 11.4. The van der Waals surface area contributed by atoms with E-state index in [4.69, 9.17) is 23.2 Å². The molecule has 260 valence electrons. The highest BCUT2D eigenvalue weighted by molar-refractivity contribution is 6.18. The van der Waals surface area contributed by atoms with Crippen LogP contribution in [0.4, 0.5) is 0 Å². The number of hydrogen-bond donors (Lipinski definition) is 0. The summed E-state index contributed by atoms with van der Waals surface area (Å²) in [4.78, 5) is 10.7. The first kappa shape index (κ1) is 29.7. The summed E-state index contributed by atoms with van der Waals surface area (Å²) < 4.78 is 21.4. The fourth-order valence-corrected chi connectivity index (χ4v) is 8.84. The molecule has 5 aromatic heterocycles. The molecular weight excluding hydrogens is 691 g/mol. The van der Waals surface area contributed by atoms with Crippen LogP contribution in [0.2, 0.25) is 0 Å². The highest BCUT2D eigenvalue weighted by Gasteiger charge is 2.22. The van der Waals surface area contributed by atoms with Crippen molar-refractivity contribution < 1.29 is 13.3 Å². The molecule has 0 aliphatic rings. The van der Waals surface area contributed by atoms with Gasteiger partial charge in [0.2, 0.25) is 5.95 Å². The minimum absolute atomic E-state index is 0.571. The molecule has 6 heteroatoms. The van der Waals surface area contributed by atoms with E-state index in [2.05, 4.69) is 114 Å². The average molecular weight is 718 g/mol. The lowest BCUT2D eigenvalue weighted by molar-refractivity contribution is 0.668. The highest BCUT2D eigenvalue weighted by atomic mass is 16.3. The summed E-state index contributed by atoms with van der Waals surface area (Å²) in [6, 6.07) is 56.7. The summed E-state index contributed by atoms with van der Waals surface area (Å²) in [5.74, 6) is 0.571. The van der Waals surface area contributed by atoms with Crippen LogP contribution in [0.5, 0.6) is 0 Å². The normalized spacial score (nSPS) is 12.3. The maximum Gasteiger partial charge on any atom is 0.235 e. The molecule has 0 spiro atoms. The minimum atomic E-state index is 0.571. The first-order valence-corrected chi connectivity index (χ1v) is 18.7. The Kier molecular flexibility index (Phi) is 5.80. The van der Waals surface area contributed by atoms with Crippen LogP contribution in [-0.2, 0) is 0 Å². The molecular formula is C50H27N3O3. The first-order valence-electron chi connectivity index (χ1n) is 18.7. The molecule has 0 atom stereocenters. The smallest absolute Gasteiger partial charge is 0.235 e. The lowest BCUT2D eigenvalue weighted by Gasteiger charge is -2.12. The Bertz CT molecular complexity index is 3790. The molecule has 0 fully saturated rings. The van der Waals surface area contributed by atoms with Crippen molar-refractivity contribution in [2.45, 2.75) is 0 Å². The zero-order chi connectivity index (χ0) is 36.5. The Morgan fingerprint density at radius 1 is 0.357 bits per heavy atom. The van der Waals surface area contributed by atoms with Gasteiger partial charge in [0.05, 0.1) is 22.2 Å². The van der Waals surface area contributed by atoms with Gasteiger partial charge in [0.1, 0.15) is 33.5 Å². The summed E-state index contributed by atoms with van der Waals surface area (Å²) in [5.41, 5.74) is 11.9. The van der Waals surface area contributed by atoms with E-state index in [1.807, 2.05) is 54.6 Å². The Hall–Kier alpha value is -7.70. The Morgan fingerprint density at radius 2 is 0.929 bits per heavy atom. The van der Waals surface area contributed by atoms with Gasteiger partial charge in [-0.2, -0.15) is 0 Å². The summed E-state index contributed by atoms with van der Waals surface area (Å²) in [6.45, 7) is 0. The zero-order valence-electron chi connectivity index (χ0n) is 29.7. The summed E-state index contributed by atoms with van der Waals surface area (Å²) in [5, 5.41) is 9.64. The van der Waals surface area contributed by atoms with Gasteiger partial charge in [0.15, 0.2) is 0 Å². The molecule has 0 bridgehead atoms. The van der Waals surface area contributed by atoms with Crippen LogP contribution < -0.4 is 0 Å². The molecule has 0 amide bonds. The SMILES string of the molecule is c1ccc2c(-c3cccc4c3oc3ccccc34)nc(-n3c4ccc(-c5ccc6oc7ccccc7c6c5)cc4c4cc5c(cc43)oc3ccccc35)nc2c1. The first-order chi connectivity index (χ1) is 27.7. The second kappa shape index (κ2) is 10.9. The number of aromatic nitrogens is 3. The summed E-state index contributed by atoms with van der Waals surface area (Å²) >= 11 is 0. The lowest BCUT2D eigenvalue weighted by Crippen LogP contribution is -2.03. The second-order valence-corrected chi connectivity index (χ2v) is 14.5. The number of fused-ring (bicyclic) bond motifs is 13. The van der Waals surface area contributed by atoms with Crippen molar-refractivity contribution in [3.05, 3.63) is 164 Å². The summed E-state index contributed by atoms with van der Waals surface area (Å²) in [6.07, 6.45) is 0. The summed E-state index contributed by atoms with van der Waals surface area (Å²) in [7, 11) is 0. The van der Waals surface area contributed by atoms with Gasteiger partial charge in [0, 0.05) is 60.1 Å². The number of furan rings is 3. The maximum atomic E-state index is 6.55. The van der Waals surface area contributed by atoms with Crippen LogP contribution in [0, 0.1) is 0 Å². The predicted octanol–water partition coefficient (Wildman–Crippen LogP) is 13.8. The van der Waals surface area contributed by atoms with E-state index >= 15 is 0 Å². The molecule has 0 aliphatic carbocycles. The molecule has 0 saturated heterocycles. The Morgan fingerprint density at radius 3 is 1.71 bits per heavy atom. The van der Waals surface area contributed by atoms with Crippen LogP contribution >= 0.6 is 0 Å². The highest BCUT2D eigenvalue weighted by Crippen LogP contribution is 2.42. The van der Waals surface area contributed by atoms with Gasteiger partial charge < -0.3 is 13.3 Å². The molecule has 13 rings (SSSR count). The van der Waals surface area contributed by atoms with Crippen molar-refractivity contribution in [2.75, 3.05) is 0 Å². The quantitative estimate of drug-likeness (QED) is 0.182. The molecule has 5 heterocycles. The predicted molar refractivity (Wildman–Crippen MR) is 227 cm³/mol. The van der Waals surface area contributed by atoms with Gasteiger partial charge in [-0.3, -0.25) is 4.57 Å². The third-order valence-corrected chi connectivity index (χ3v) is 11.4. The van der Waals surface area contributed by atoms with E-state index in [-0.39, 0.29) is 0 Å². The van der Waals surface area contributed by atoms with Gasteiger partial charge in [0.25, 0.3) is 0 Å². The molecule has 0 radical (unpaired) electrons. The van der Waals surface area contributed by atoms with Crippen molar-refractivity contribution in [2.24, 2.45) is 0 Å². The number of hydrogen-bond acceptors (Lipinski definition) is 5. The minimum Gasteiger partial charge on any atom is -0.456 e. The van der Waals surface area contributed by atoms with Crippen molar-refractivity contribution in [3.63, 3.8) is 0 Å². The number of rotatable bonds is 3. The standard InChI is InChI=1S/C50H27N3O3/c1-5-16-40-34(13-1)48(35-15-9-14-33-30-10-2-8-19-45(30)56-49(33)35)52-50(51-40)53-41-22-20-28(29-21-23-46-38(25-29)31-11-3-6-17-43(31)54-46)24-36(41)37-26-39-32-12-4-7-18-44(32)55-47(39)27-42(37)53/h1-27H. The van der Waals surface area contributed by atoms with E-state index in [1.165, 1.54) is 0 Å². The van der Waals surface area contributed by atoms with Crippen LogP contribution in [0.3, 0.4) is 0 Å². The fraction of sp³-hybridized carbons (Fsp3) is 0. The fourth-order valence-electron chi connectivity index (χ4n) is 8.84. The van der Waals surface area contributed by atoms with E-state index in [9.17, 15) is 0 Å². The number of benzene rings is 8. The van der Waals surface area contributed by atoms with E-state index in [0.29, 0.717) is 5.95 Å². The third kappa shape index (κ3) is 4.10. The molecule has 56 heavy (non-hydrogen) atoms. The van der Waals surface area contributed by atoms with E-state index < -0.39 is 0 Å². The Labute approximate surface area is 317 Å². The molecule has 0 N–H and O–H groups in total. The van der Waals surface area contributed by atoms with Gasteiger partial charge >= 0.3 is 0 Å². The largest absolute Gasteiger partial charge is 0.456 e. The van der Waals surface area contributed by atoms with Crippen molar-refractivity contribution in [3.8, 4) is 28.3 Å². The van der Waals surface area contributed by atoms with Gasteiger partial charge in [-0.05, 0) is 71.8 Å². The number of para-hydroxylation sites is 5. The zero-order valence-corrected chi connectivity index (χ0v) is 29.7. The monoisotopic (exact) mass is 717 g/mol. The van der Waals surface area contributed by atoms with Crippen LogP contribution in [0.25, 0.3) is 127 Å². The Balaban J connectivity index is 1.10.